The van der Waals surface area contributed by atoms with Crippen LogP contribution in [0.4, 0.5) is 15.9 Å². The highest BCUT2D eigenvalue weighted by Gasteiger charge is 2.35. The lowest BCUT2D eigenvalue weighted by Crippen LogP contribution is -2.38. The van der Waals surface area contributed by atoms with Gasteiger partial charge >= 0.3 is 0 Å². The van der Waals surface area contributed by atoms with Gasteiger partial charge in [0, 0.05) is 19.3 Å². The number of aromatic nitrogens is 1. The van der Waals surface area contributed by atoms with Crippen LogP contribution in [0.15, 0.2) is 47.5 Å². The third-order valence-corrected chi connectivity index (χ3v) is 5.58. The van der Waals surface area contributed by atoms with Crippen LogP contribution in [0.5, 0.6) is 0 Å². The average molecular weight is 350 g/mol. The minimum atomic E-state index is -3.85. The van der Waals surface area contributed by atoms with E-state index >= 15 is 0 Å². The van der Waals surface area contributed by atoms with Gasteiger partial charge in [-0.15, -0.1) is 0 Å². The van der Waals surface area contributed by atoms with Gasteiger partial charge in [-0.3, -0.25) is 0 Å². The Labute approximate surface area is 141 Å². The van der Waals surface area contributed by atoms with Crippen LogP contribution in [0.2, 0.25) is 0 Å². The molecule has 1 aromatic carbocycles. The third-order valence-electron chi connectivity index (χ3n) is 3.83. The summed E-state index contributed by atoms with van der Waals surface area (Å²) >= 11 is 0. The number of rotatable bonds is 5. The molecule has 0 N–H and O–H groups in total. The summed E-state index contributed by atoms with van der Waals surface area (Å²) in [7, 11) is 0.0620. The Balaban J connectivity index is 1.97. The lowest BCUT2D eigenvalue weighted by molar-refractivity contribution is 0.414. The van der Waals surface area contributed by atoms with Crippen molar-refractivity contribution in [1.29, 1.82) is 0 Å². The number of nitrogens with zero attached hydrogens (tertiary/aromatic N) is 4. The number of sulfonamides is 1. The molecule has 0 unspecified atom stereocenters. The molecule has 0 fully saturated rings. The number of anilines is 2. The second-order valence-corrected chi connectivity index (χ2v) is 7.73. The molecule has 0 bridgehead atoms. The summed E-state index contributed by atoms with van der Waals surface area (Å²) in [4.78, 5) is 8.19. The van der Waals surface area contributed by atoms with Crippen molar-refractivity contribution in [1.82, 2.24) is 9.88 Å². The van der Waals surface area contributed by atoms with Gasteiger partial charge in [0.15, 0.2) is 5.82 Å². The summed E-state index contributed by atoms with van der Waals surface area (Å²) in [6.07, 6.45) is 1.64. The average Bonchev–Trinajstić information content (AvgIpc) is 2.92. The molecule has 0 spiro atoms. The van der Waals surface area contributed by atoms with Crippen LogP contribution in [0.25, 0.3) is 0 Å². The molecule has 0 aliphatic carbocycles. The Morgan fingerprint density at radius 1 is 1.25 bits per heavy atom. The van der Waals surface area contributed by atoms with E-state index in [0.717, 1.165) is 12.6 Å². The highest BCUT2D eigenvalue weighted by molar-refractivity contribution is 7.92. The van der Waals surface area contributed by atoms with Crippen molar-refractivity contribution in [3.8, 4) is 0 Å². The largest absolute Gasteiger partial charge is 0.335 e. The SMILES string of the molecule is CN(C)CCN1CN(S(=O)(=O)c2cccc(F)c2)c2cccnc21. The molecule has 0 radical (unpaired) electrons. The Morgan fingerprint density at radius 2 is 2.04 bits per heavy atom. The van der Waals surface area contributed by atoms with Crippen LogP contribution < -0.4 is 9.21 Å². The van der Waals surface area contributed by atoms with Crippen molar-refractivity contribution in [2.24, 2.45) is 0 Å². The van der Waals surface area contributed by atoms with E-state index < -0.39 is 15.8 Å². The monoisotopic (exact) mass is 350 g/mol. The summed E-state index contributed by atoms with van der Waals surface area (Å²) < 4.78 is 40.6. The molecule has 2 heterocycles. The maximum atomic E-state index is 13.5. The minimum Gasteiger partial charge on any atom is -0.335 e. The molecule has 1 aromatic heterocycles. The first-order chi connectivity index (χ1) is 11.4. The van der Waals surface area contributed by atoms with Crippen LogP contribution in [-0.4, -0.2) is 52.2 Å². The van der Waals surface area contributed by atoms with Gasteiger partial charge in [0.25, 0.3) is 10.0 Å². The van der Waals surface area contributed by atoms with Gasteiger partial charge in [-0.25, -0.2) is 22.1 Å². The molecule has 0 amide bonds. The Bertz CT molecular complexity index is 841. The number of hydrogen-bond donors (Lipinski definition) is 0. The highest BCUT2D eigenvalue weighted by atomic mass is 32.2. The second kappa shape index (κ2) is 6.37. The zero-order chi connectivity index (χ0) is 17.3. The van der Waals surface area contributed by atoms with Crippen molar-refractivity contribution in [2.45, 2.75) is 4.90 Å². The maximum absolute atomic E-state index is 13.5. The van der Waals surface area contributed by atoms with Crippen molar-refractivity contribution >= 4 is 21.5 Å². The summed E-state index contributed by atoms with van der Waals surface area (Å²) in [5.74, 6) is 0.0467. The smallest absolute Gasteiger partial charge is 0.266 e. The molecular weight excluding hydrogens is 331 g/mol. The van der Waals surface area contributed by atoms with E-state index in [9.17, 15) is 12.8 Å². The van der Waals surface area contributed by atoms with Gasteiger partial charge in [-0.1, -0.05) is 6.07 Å². The predicted molar refractivity (Wildman–Crippen MR) is 91.1 cm³/mol. The first kappa shape index (κ1) is 16.7. The second-order valence-electron chi connectivity index (χ2n) is 5.87. The van der Waals surface area contributed by atoms with Gasteiger partial charge in [0.1, 0.15) is 12.5 Å². The molecule has 24 heavy (non-hydrogen) atoms. The molecule has 128 valence electrons. The lowest BCUT2D eigenvalue weighted by atomic mass is 10.4. The molecular formula is C16H19FN4O2S. The van der Waals surface area contributed by atoms with E-state index in [0.29, 0.717) is 18.1 Å². The number of hydrogen-bond acceptors (Lipinski definition) is 5. The molecule has 1 aliphatic heterocycles. The number of pyridine rings is 1. The zero-order valence-corrected chi connectivity index (χ0v) is 14.4. The summed E-state index contributed by atoms with van der Waals surface area (Å²) in [6.45, 7) is 1.58. The fourth-order valence-electron chi connectivity index (χ4n) is 2.58. The fourth-order valence-corrected chi connectivity index (χ4v) is 4.04. The van der Waals surface area contributed by atoms with Gasteiger partial charge in [0.2, 0.25) is 0 Å². The van der Waals surface area contributed by atoms with E-state index in [1.165, 1.54) is 22.5 Å². The van der Waals surface area contributed by atoms with Crippen LogP contribution in [0, 0.1) is 5.82 Å². The van der Waals surface area contributed by atoms with Crippen LogP contribution in [-0.2, 0) is 10.0 Å². The zero-order valence-electron chi connectivity index (χ0n) is 13.6. The first-order valence-electron chi connectivity index (χ1n) is 7.52. The van der Waals surface area contributed by atoms with E-state index in [1.807, 2.05) is 23.9 Å². The van der Waals surface area contributed by atoms with E-state index in [1.54, 1.807) is 18.3 Å². The first-order valence-corrected chi connectivity index (χ1v) is 8.96. The van der Waals surface area contributed by atoms with Crippen LogP contribution >= 0.6 is 0 Å². The van der Waals surface area contributed by atoms with Gasteiger partial charge < -0.3 is 9.80 Å². The van der Waals surface area contributed by atoms with Gasteiger partial charge in [-0.05, 0) is 44.4 Å². The number of likely N-dealkylation sites (N-methyl/N-ethyl adjacent to an activating group) is 1. The molecule has 1 aliphatic rings. The minimum absolute atomic E-state index is 0.0632. The highest BCUT2D eigenvalue weighted by Crippen LogP contribution is 2.37. The molecule has 6 nitrogen and oxygen atoms in total. The lowest BCUT2D eigenvalue weighted by Gasteiger charge is -2.22. The predicted octanol–water partition coefficient (Wildman–Crippen LogP) is 1.76. The van der Waals surface area contributed by atoms with E-state index in [-0.39, 0.29) is 11.6 Å². The van der Waals surface area contributed by atoms with Crippen molar-refractivity contribution in [3.63, 3.8) is 0 Å². The normalized spacial score (nSPS) is 14.3. The van der Waals surface area contributed by atoms with Crippen LogP contribution in [0.1, 0.15) is 0 Å². The Kier molecular flexibility index (Phi) is 4.42. The van der Waals surface area contributed by atoms with Crippen molar-refractivity contribution in [2.75, 3.05) is 43.1 Å². The van der Waals surface area contributed by atoms with E-state index in [4.69, 9.17) is 0 Å². The molecule has 0 saturated carbocycles. The summed E-state index contributed by atoms with van der Waals surface area (Å²) in [5.41, 5.74) is 0.514. The maximum Gasteiger partial charge on any atom is 0.266 e. The molecule has 8 heteroatoms. The quantitative estimate of drug-likeness (QED) is 0.822. The van der Waals surface area contributed by atoms with Gasteiger partial charge in [-0.2, -0.15) is 0 Å². The summed E-state index contributed by atoms with van der Waals surface area (Å²) in [6, 6.07) is 8.47. The molecule has 3 rings (SSSR count). The van der Waals surface area contributed by atoms with E-state index in [2.05, 4.69) is 4.98 Å². The standard InChI is InChI=1S/C16H19FN4O2S/c1-19(2)9-10-20-12-21(15-7-4-8-18-16(15)20)24(22,23)14-6-3-5-13(17)11-14/h3-8,11H,9-10,12H2,1-2H3. The molecule has 0 saturated heterocycles. The van der Waals surface area contributed by atoms with Crippen molar-refractivity contribution in [3.05, 3.63) is 48.4 Å². The topological polar surface area (TPSA) is 56.8 Å². The Morgan fingerprint density at radius 3 is 2.75 bits per heavy atom. The molecule has 0 atom stereocenters. The van der Waals surface area contributed by atoms with Crippen molar-refractivity contribution < 1.29 is 12.8 Å². The number of fused-ring (bicyclic) bond motifs is 1. The Hall–Kier alpha value is -2.19. The summed E-state index contributed by atoms with van der Waals surface area (Å²) in [5, 5.41) is 0. The fraction of sp³-hybridized carbons (Fsp3) is 0.312. The third kappa shape index (κ3) is 3.07. The van der Waals surface area contributed by atoms with Crippen LogP contribution in [0.3, 0.4) is 0 Å². The number of halogens is 1. The molecule has 2 aromatic rings. The number of benzene rings is 1. The van der Waals surface area contributed by atoms with Gasteiger partial charge in [0.05, 0.1) is 10.6 Å².